The quantitative estimate of drug-likeness (QED) is 0.465. The Kier molecular flexibility index (Phi) is 7.38. The molecular weight excluding hydrogens is 438 g/mol. The van der Waals surface area contributed by atoms with E-state index < -0.39 is 0 Å². The Morgan fingerprint density at radius 1 is 1.06 bits per heavy atom. The zero-order valence-electron chi connectivity index (χ0n) is 16.9. The molecule has 0 saturated carbocycles. The lowest BCUT2D eigenvalue weighted by Gasteiger charge is -2.08. The van der Waals surface area contributed by atoms with Crippen molar-refractivity contribution in [3.8, 4) is 5.75 Å². The summed E-state index contributed by atoms with van der Waals surface area (Å²) in [6, 6.07) is 13.8. The monoisotopic (exact) mass is 457 g/mol. The lowest BCUT2D eigenvalue weighted by molar-refractivity contribution is -0.116. The van der Waals surface area contributed by atoms with Crippen LogP contribution in [0.5, 0.6) is 5.75 Å². The van der Waals surface area contributed by atoms with Crippen LogP contribution in [0.4, 0.5) is 10.8 Å². The fourth-order valence-electron chi connectivity index (χ4n) is 2.81. The second-order valence-corrected chi connectivity index (χ2v) is 8.01. The van der Waals surface area contributed by atoms with Crippen LogP contribution in [0.3, 0.4) is 0 Å². The number of rotatable bonds is 8. The van der Waals surface area contributed by atoms with E-state index in [0.717, 1.165) is 11.3 Å². The summed E-state index contributed by atoms with van der Waals surface area (Å²) >= 11 is 7.03. The number of nitrogens with one attached hydrogen (secondary N) is 2. The van der Waals surface area contributed by atoms with Crippen molar-refractivity contribution in [3.63, 3.8) is 0 Å². The molecule has 3 aromatic rings. The van der Waals surface area contributed by atoms with E-state index in [1.807, 2.05) is 18.2 Å². The molecular formula is C22H20ClN3O4S. The van der Waals surface area contributed by atoms with Gasteiger partial charge < -0.3 is 15.4 Å². The predicted molar refractivity (Wildman–Crippen MR) is 121 cm³/mol. The third-order valence-electron chi connectivity index (χ3n) is 4.32. The first kappa shape index (κ1) is 22.5. The minimum atomic E-state index is -0.377. The van der Waals surface area contributed by atoms with E-state index in [0.29, 0.717) is 37.7 Å². The summed E-state index contributed by atoms with van der Waals surface area (Å²) in [6.07, 6.45) is -0.0626. The van der Waals surface area contributed by atoms with Gasteiger partial charge in [0.25, 0.3) is 5.91 Å². The highest BCUT2D eigenvalue weighted by Crippen LogP contribution is 2.26. The minimum absolute atomic E-state index is 0.0196. The molecule has 0 spiro atoms. The Morgan fingerprint density at radius 3 is 2.52 bits per heavy atom. The van der Waals surface area contributed by atoms with Crippen LogP contribution in [-0.4, -0.2) is 29.7 Å². The summed E-state index contributed by atoms with van der Waals surface area (Å²) in [6.45, 7) is 1.70. The molecule has 0 atom stereocenters. The Balaban J connectivity index is 1.59. The van der Waals surface area contributed by atoms with Crippen molar-refractivity contribution in [2.24, 2.45) is 0 Å². The molecule has 3 rings (SSSR count). The minimum Gasteiger partial charge on any atom is -0.496 e. The van der Waals surface area contributed by atoms with Gasteiger partial charge in [-0.05, 0) is 37.3 Å². The van der Waals surface area contributed by atoms with Crippen LogP contribution in [0.15, 0.2) is 48.5 Å². The van der Waals surface area contributed by atoms with Crippen molar-refractivity contribution in [2.75, 3.05) is 17.7 Å². The van der Waals surface area contributed by atoms with Crippen molar-refractivity contribution in [3.05, 3.63) is 69.7 Å². The molecule has 0 saturated heterocycles. The summed E-state index contributed by atoms with van der Waals surface area (Å²) < 4.78 is 5.18. The van der Waals surface area contributed by atoms with E-state index in [2.05, 4.69) is 15.6 Å². The zero-order valence-corrected chi connectivity index (χ0v) is 18.5. The molecule has 0 radical (unpaired) electrons. The normalized spacial score (nSPS) is 10.4. The second kappa shape index (κ2) is 10.2. The Labute approximate surface area is 188 Å². The molecule has 7 nitrogen and oxygen atoms in total. The van der Waals surface area contributed by atoms with Crippen molar-refractivity contribution in [1.82, 2.24) is 4.98 Å². The highest BCUT2D eigenvalue weighted by molar-refractivity contribution is 7.17. The van der Waals surface area contributed by atoms with Gasteiger partial charge in [0.1, 0.15) is 10.6 Å². The molecule has 0 fully saturated rings. The SMILES string of the molecule is COc1ccc(Cl)cc1C(=O)CCC(=O)Nc1nc(C)c(C(=O)Nc2ccccc2)s1. The van der Waals surface area contributed by atoms with Crippen molar-refractivity contribution >= 4 is 51.4 Å². The van der Waals surface area contributed by atoms with Crippen LogP contribution in [-0.2, 0) is 4.79 Å². The number of ether oxygens (including phenoxy) is 1. The number of Topliss-reactive ketones (excluding diaryl/α,β-unsaturated/α-hetero) is 1. The highest BCUT2D eigenvalue weighted by atomic mass is 35.5. The maximum absolute atomic E-state index is 12.5. The predicted octanol–water partition coefficient (Wildman–Crippen LogP) is 4.97. The number of hydrogen-bond donors (Lipinski definition) is 2. The molecule has 1 aromatic heterocycles. The van der Waals surface area contributed by atoms with E-state index in [9.17, 15) is 14.4 Å². The topological polar surface area (TPSA) is 97.4 Å². The van der Waals surface area contributed by atoms with Gasteiger partial charge in [0.05, 0.1) is 18.4 Å². The van der Waals surface area contributed by atoms with E-state index in [1.165, 1.54) is 13.2 Å². The molecule has 0 aliphatic rings. The molecule has 0 aliphatic heterocycles. The van der Waals surface area contributed by atoms with Crippen LogP contribution in [0.25, 0.3) is 0 Å². The van der Waals surface area contributed by atoms with Gasteiger partial charge in [0.2, 0.25) is 5.91 Å². The third-order valence-corrected chi connectivity index (χ3v) is 5.63. The number of methoxy groups -OCH3 is 1. The third kappa shape index (κ3) is 5.90. The van der Waals surface area contributed by atoms with Gasteiger partial charge in [-0.25, -0.2) is 4.98 Å². The molecule has 0 unspecified atom stereocenters. The van der Waals surface area contributed by atoms with E-state index in [-0.39, 0.29) is 30.4 Å². The van der Waals surface area contributed by atoms with Crippen molar-refractivity contribution < 1.29 is 19.1 Å². The molecule has 2 aromatic carbocycles. The van der Waals surface area contributed by atoms with Crippen LogP contribution in [0.1, 0.15) is 38.6 Å². The lowest BCUT2D eigenvalue weighted by Crippen LogP contribution is -2.13. The first-order valence-corrected chi connectivity index (χ1v) is 10.6. The Morgan fingerprint density at radius 2 is 1.81 bits per heavy atom. The number of carbonyl (C=O) groups is 3. The number of carbonyl (C=O) groups excluding carboxylic acids is 3. The number of para-hydroxylation sites is 1. The van der Waals surface area contributed by atoms with Gasteiger partial charge in [-0.3, -0.25) is 14.4 Å². The number of aryl methyl sites for hydroxylation is 1. The van der Waals surface area contributed by atoms with E-state index in [1.54, 1.807) is 31.2 Å². The van der Waals surface area contributed by atoms with E-state index >= 15 is 0 Å². The van der Waals surface area contributed by atoms with Crippen molar-refractivity contribution in [2.45, 2.75) is 19.8 Å². The summed E-state index contributed by atoms with van der Waals surface area (Å²) in [4.78, 5) is 41.9. The zero-order chi connectivity index (χ0) is 22.4. The standard InChI is InChI=1S/C22H20ClN3O4S/c1-13-20(21(29)25-15-6-4-3-5-7-15)31-22(24-13)26-19(28)11-9-17(27)16-12-14(23)8-10-18(16)30-2/h3-8,10,12H,9,11H2,1-2H3,(H,25,29)(H,24,26,28). The lowest BCUT2D eigenvalue weighted by atomic mass is 10.1. The fraction of sp³-hybridized carbons (Fsp3) is 0.182. The largest absolute Gasteiger partial charge is 0.496 e. The second-order valence-electron chi connectivity index (χ2n) is 6.57. The average Bonchev–Trinajstić information content (AvgIpc) is 3.12. The van der Waals surface area contributed by atoms with Gasteiger partial charge in [0, 0.05) is 23.6 Å². The number of ketones is 1. The molecule has 1 heterocycles. The van der Waals surface area contributed by atoms with Crippen LogP contribution >= 0.6 is 22.9 Å². The van der Waals surface area contributed by atoms with Gasteiger partial charge >= 0.3 is 0 Å². The molecule has 0 bridgehead atoms. The summed E-state index contributed by atoms with van der Waals surface area (Å²) in [5, 5.41) is 6.15. The number of amides is 2. The first-order chi connectivity index (χ1) is 14.9. The maximum Gasteiger partial charge on any atom is 0.267 e. The molecule has 0 aliphatic carbocycles. The van der Waals surface area contributed by atoms with Crippen LogP contribution < -0.4 is 15.4 Å². The van der Waals surface area contributed by atoms with Gasteiger partial charge in [0.15, 0.2) is 10.9 Å². The van der Waals surface area contributed by atoms with Crippen LogP contribution in [0.2, 0.25) is 5.02 Å². The summed E-state index contributed by atoms with van der Waals surface area (Å²) in [7, 11) is 1.46. The summed E-state index contributed by atoms with van der Waals surface area (Å²) in [5.41, 5.74) is 1.50. The molecule has 31 heavy (non-hydrogen) atoms. The van der Waals surface area contributed by atoms with Crippen LogP contribution in [0, 0.1) is 6.92 Å². The number of nitrogens with zero attached hydrogens (tertiary/aromatic N) is 1. The highest BCUT2D eigenvalue weighted by Gasteiger charge is 2.18. The number of halogens is 1. The smallest absolute Gasteiger partial charge is 0.267 e. The number of hydrogen-bond acceptors (Lipinski definition) is 6. The number of anilines is 2. The number of thiazole rings is 1. The fourth-order valence-corrected chi connectivity index (χ4v) is 3.86. The number of aromatic nitrogens is 1. The Hall–Kier alpha value is -3.23. The number of benzene rings is 2. The average molecular weight is 458 g/mol. The molecule has 2 N–H and O–H groups in total. The van der Waals surface area contributed by atoms with Gasteiger partial charge in [-0.1, -0.05) is 41.1 Å². The van der Waals surface area contributed by atoms with Gasteiger partial charge in [-0.2, -0.15) is 0 Å². The molecule has 9 heteroatoms. The maximum atomic E-state index is 12.5. The van der Waals surface area contributed by atoms with E-state index in [4.69, 9.17) is 16.3 Å². The van der Waals surface area contributed by atoms with Gasteiger partial charge in [-0.15, -0.1) is 0 Å². The Bertz CT molecular complexity index is 1120. The first-order valence-electron chi connectivity index (χ1n) is 9.38. The molecule has 2 amide bonds. The molecule has 160 valence electrons. The summed E-state index contributed by atoms with van der Waals surface area (Å²) in [5.74, 6) is -0.532. The van der Waals surface area contributed by atoms with Crippen molar-refractivity contribution in [1.29, 1.82) is 0 Å².